The van der Waals surface area contributed by atoms with Crippen LogP contribution in [0.5, 0.6) is 0 Å². The van der Waals surface area contributed by atoms with Crippen LogP contribution in [0.1, 0.15) is 19.8 Å². The van der Waals surface area contributed by atoms with Crippen LogP contribution in [0.15, 0.2) is 0 Å². The highest BCUT2D eigenvalue weighted by atomic mass is 32.2. The number of hydrogen-bond donors (Lipinski definition) is 2. The normalized spacial score (nSPS) is 32.3. The monoisotopic (exact) mass is 272 g/mol. The Bertz CT molecular complexity index is 331. The number of carboxylic acid groups (broad SMARTS) is 1. The number of carbonyl (C=O) groups excluding carboxylic acids is 1. The number of likely N-dealkylation sites (tertiary alicyclic amines) is 1. The molecule has 5 nitrogen and oxygen atoms in total. The smallest absolute Gasteiger partial charge is 0.317 e. The molecular formula is C12H20N2O3S. The van der Waals surface area contributed by atoms with Gasteiger partial charge in [-0.15, -0.1) is 0 Å². The van der Waals surface area contributed by atoms with Gasteiger partial charge in [0.15, 0.2) is 0 Å². The predicted molar refractivity (Wildman–Crippen MR) is 70.7 cm³/mol. The molecule has 2 saturated heterocycles. The quantitative estimate of drug-likeness (QED) is 0.793. The summed E-state index contributed by atoms with van der Waals surface area (Å²) in [6.07, 6.45) is 1.68. The first-order valence-electron chi connectivity index (χ1n) is 6.42. The van der Waals surface area contributed by atoms with Gasteiger partial charge in [-0.05, 0) is 24.5 Å². The van der Waals surface area contributed by atoms with Crippen molar-refractivity contribution in [3.63, 3.8) is 0 Å². The fourth-order valence-corrected chi connectivity index (χ4v) is 3.76. The Morgan fingerprint density at radius 3 is 2.78 bits per heavy atom. The molecule has 2 aliphatic heterocycles. The minimum absolute atomic E-state index is 0.0969. The van der Waals surface area contributed by atoms with Gasteiger partial charge in [-0.3, -0.25) is 4.79 Å². The maximum atomic E-state index is 12.1. The topological polar surface area (TPSA) is 69.6 Å². The summed E-state index contributed by atoms with van der Waals surface area (Å²) >= 11 is 1.85. The lowest BCUT2D eigenvalue weighted by atomic mass is 9.91. The molecule has 0 radical (unpaired) electrons. The van der Waals surface area contributed by atoms with Crippen LogP contribution in [-0.2, 0) is 4.79 Å². The molecule has 2 N–H and O–H groups in total. The largest absolute Gasteiger partial charge is 0.481 e. The summed E-state index contributed by atoms with van der Waals surface area (Å²) < 4.78 is 0. The molecule has 2 heterocycles. The van der Waals surface area contributed by atoms with Crippen LogP contribution in [0.3, 0.4) is 0 Å². The molecule has 2 fully saturated rings. The molecule has 3 atom stereocenters. The van der Waals surface area contributed by atoms with E-state index in [4.69, 9.17) is 5.11 Å². The van der Waals surface area contributed by atoms with Crippen LogP contribution in [0.2, 0.25) is 0 Å². The first-order chi connectivity index (χ1) is 8.56. The average molecular weight is 272 g/mol. The van der Waals surface area contributed by atoms with Crippen LogP contribution < -0.4 is 5.32 Å². The van der Waals surface area contributed by atoms with Gasteiger partial charge in [0.25, 0.3) is 0 Å². The van der Waals surface area contributed by atoms with Crippen molar-refractivity contribution < 1.29 is 14.7 Å². The molecule has 0 aromatic heterocycles. The van der Waals surface area contributed by atoms with Crippen molar-refractivity contribution in [2.45, 2.75) is 25.8 Å². The molecule has 0 aromatic carbocycles. The van der Waals surface area contributed by atoms with E-state index < -0.39 is 11.9 Å². The Morgan fingerprint density at radius 1 is 1.39 bits per heavy atom. The number of thioether (sulfide) groups is 1. The van der Waals surface area contributed by atoms with Gasteiger partial charge < -0.3 is 15.3 Å². The Labute approximate surface area is 111 Å². The van der Waals surface area contributed by atoms with E-state index in [0.717, 1.165) is 17.9 Å². The number of amides is 2. The van der Waals surface area contributed by atoms with Crippen molar-refractivity contribution >= 4 is 23.8 Å². The SMILES string of the molecule is CC1CC(C(=O)O)CN(C(=O)NC2CCSC2)C1. The fraction of sp³-hybridized carbons (Fsp3) is 0.833. The fourth-order valence-electron chi connectivity index (χ4n) is 2.61. The maximum Gasteiger partial charge on any atom is 0.317 e. The van der Waals surface area contributed by atoms with Crippen LogP contribution in [0, 0.1) is 11.8 Å². The van der Waals surface area contributed by atoms with Gasteiger partial charge in [0, 0.05) is 24.9 Å². The van der Waals surface area contributed by atoms with Crippen LogP contribution in [0.4, 0.5) is 4.79 Å². The van der Waals surface area contributed by atoms with Crippen molar-refractivity contribution in [3.8, 4) is 0 Å². The molecule has 18 heavy (non-hydrogen) atoms. The number of carboxylic acids is 1. The molecule has 2 rings (SSSR count). The van der Waals surface area contributed by atoms with Crippen molar-refractivity contribution in [2.75, 3.05) is 24.6 Å². The van der Waals surface area contributed by atoms with Crippen LogP contribution >= 0.6 is 11.8 Å². The third-order valence-electron chi connectivity index (χ3n) is 3.55. The molecule has 6 heteroatoms. The Hall–Kier alpha value is -0.910. The summed E-state index contributed by atoms with van der Waals surface area (Å²) in [6, 6.07) is 0.156. The minimum Gasteiger partial charge on any atom is -0.481 e. The number of piperidine rings is 1. The van der Waals surface area contributed by atoms with Gasteiger partial charge in [0.1, 0.15) is 0 Å². The second kappa shape index (κ2) is 5.82. The lowest BCUT2D eigenvalue weighted by Crippen LogP contribution is -2.51. The first kappa shape index (κ1) is 13.5. The zero-order valence-corrected chi connectivity index (χ0v) is 11.4. The van der Waals surface area contributed by atoms with E-state index >= 15 is 0 Å². The number of nitrogens with zero attached hydrogens (tertiary/aromatic N) is 1. The van der Waals surface area contributed by atoms with E-state index in [0.29, 0.717) is 19.5 Å². The number of carbonyl (C=O) groups is 2. The molecule has 0 bridgehead atoms. The summed E-state index contributed by atoms with van der Waals surface area (Å²) in [5.74, 6) is 1.10. The van der Waals surface area contributed by atoms with E-state index in [1.54, 1.807) is 4.90 Å². The van der Waals surface area contributed by atoms with Crippen molar-refractivity contribution in [1.29, 1.82) is 0 Å². The van der Waals surface area contributed by atoms with Gasteiger partial charge in [-0.25, -0.2) is 4.79 Å². The van der Waals surface area contributed by atoms with Crippen molar-refractivity contribution in [2.24, 2.45) is 11.8 Å². The molecule has 0 aromatic rings. The highest BCUT2D eigenvalue weighted by molar-refractivity contribution is 7.99. The van der Waals surface area contributed by atoms with Crippen LogP contribution in [0.25, 0.3) is 0 Å². The molecule has 2 amide bonds. The minimum atomic E-state index is -0.796. The van der Waals surface area contributed by atoms with E-state index in [2.05, 4.69) is 5.32 Å². The molecule has 0 spiro atoms. The zero-order chi connectivity index (χ0) is 13.1. The second-order valence-corrected chi connectivity index (χ2v) is 6.44. The number of hydrogen-bond acceptors (Lipinski definition) is 3. The molecular weight excluding hydrogens is 252 g/mol. The van der Waals surface area contributed by atoms with Gasteiger partial charge in [-0.1, -0.05) is 6.92 Å². The third-order valence-corrected chi connectivity index (χ3v) is 4.72. The highest BCUT2D eigenvalue weighted by Crippen LogP contribution is 2.22. The molecule has 102 valence electrons. The van der Waals surface area contributed by atoms with Gasteiger partial charge in [-0.2, -0.15) is 11.8 Å². The first-order valence-corrected chi connectivity index (χ1v) is 7.57. The third kappa shape index (κ3) is 3.31. The Morgan fingerprint density at radius 2 is 2.17 bits per heavy atom. The molecule has 2 aliphatic rings. The lowest BCUT2D eigenvalue weighted by molar-refractivity contribution is -0.143. The lowest BCUT2D eigenvalue weighted by Gasteiger charge is -2.35. The summed E-state index contributed by atoms with van der Waals surface area (Å²) in [5, 5.41) is 12.1. The van der Waals surface area contributed by atoms with E-state index in [1.807, 2.05) is 18.7 Å². The van der Waals surface area contributed by atoms with Gasteiger partial charge >= 0.3 is 12.0 Å². The van der Waals surface area contributed by atoms with E-state index in [9.17, 15) is 9.59 Å². The Balaban J connectivity index is 1.89. The summed E-state index contributed by atoms with van der Waals surface area (Å²) in [4.78, 5) is 24.8. The van der Waals surface area contributed by atoms with Gasteiger partial charge in [0.2, 0.25) is 0 Å². The number of nitrogens with one attached hydrogen (secondary N) is 1. The zero-order valence-electron chi connectivity index (χ0n) is 10.6. The summed E-state index contributed by atoms with van der Waals surface area (Å²) in [7, 11) is 0. The van der Waals surface area contributed by atoms with E-state index in [1.165, 1.54) is 0 Å². The number of urea groups is 1. The molecule has 3 unspecified atom stereocenters. The summed E-state index contributed by atoms with van der Waals surface area (Å²) in [6.45, 7) is 3.00. The van der Waals surface area contributed by atoms with Crippen molar-refractivity contribution in [1.82, 2.24) is 10.2 Å². The average Bonchev–Trinajstić information content (AvgIpc) is 2.80. The number of rotatable bonds is 2. The standard InChI is InChI=1S/C12H20N2O3S/c1-8-4-9(11(15)16)6-14(5-8)12(17)13-10-2-3-18-7-10/h8-10H,2-7H2,1H3,(H,13,17)(H,15,16). The highest BCUT2D eigenvalue weighted by Gasteiger charge is 2.32. The van der Waals surface area contributed by atoms with Crippen LogP contribution in [-0.4, -0.2) is 52.6 Å². The van der Waals surface area contributed by atoms with E-state index in [-0.39, 0.29) is 18.0 Å². The number of aliphatic carboxylic acids is 1. The summed E-state index contributed by atoms with van der Waals surface area (Å²) in [5.41, 5.74) is 0. The molecule has 0 saturated carbocycles. The Kier molecular flexibility index (Phi) is 4.37. The van der Waals surface area contributed by atoms with Gasteiger partial charge in [0.05, 0.1) is 5.92 Å². The maximum absolute atomic E-state index is 12.1. The van der Waals surface area contributed by atoms with Crippen molar-refractivity contribution in [3.05, 3.63) is 0 Å². The second-order valence-electron chi connectivity index (χ2n) is 5.29. The molecule has 0 aliphatic carbocycles. The predicted octanol–water partition coefficient (Wildman–Crippen LogP) is 1.24.